The molecule has 0 bridgehead atoms. The van der Waals surface area contributed by atoms with Crippen LogP contribution in [-0.4, -0.2) is 29.4 Å². The quantitative estimate of drug-likeness (QED) is 0.357. The number of rotatable bonds is 7. The third-order valence-corrected chi connectivity index (χ3v) is 7.62. The normalized spacial score (nSPS) is 17.9. The molecule has 2 fully saturated rings. The first kappa shape index (κ1) is 24.0. The number of amides is 1. The summed E-state index contributed by atoms with van der Waals surface area (Å²) >= 11 is 0. The number of anilines is 2. The van der Waals surface area contributed by atoms with E-state index in [1.54, 1.807) is 0 Å². The molecule has 188 valence electrons. The molecule has 1 amide bonds. The van der Waals surface area contributed by atoms with E-state index in [9.17, 15) is 9.90 Å². The number of hydrogen-bond donors (Lipinski definition) is 2. The fourth-order valence-corrected chi connectivity index (χ4v) is 5.16. The fourth-order valence-electron chi connectivity index (χ4n) is 5.16. The molecule has 0 unspecified atom stereocenters. The number of nitrogens with one attached hydrogen (secondary N) is 1. The van der Waals surface area contributed by atoms with Crippen LogP contribution in [0.3, 0.4) is 0 Å². The number of aliphatic hydroxyl groups is 1. The predicted octanol–water partition coefficient (Wildman–Crippen LogP) is 6.78. The molecule has 1 atom stereocenters. The Balaban J connectivity index is 1.20. The van der Waals surface area contributed by atoms with Gasteiger partial charge in [-0.1, -0.05) is 54.2 Å². The Morgan fingerprint density at radius 2 is 1.83 bits per heavy atom. The second-order valence-electron chi connectivity index (χ2n) is 9.93. The van der Waals surface area contributed by atoms with Crippen molar-refractivity contribution < 1.29 is 19.2 Å². The van der Waals surface area contributed by atoms with Gasteiger partial charge in [0.15, 0.2) is 5.76 Å². The predicted molar refractivity (Wildman–Crippen MR) is 140 cm³/mol. The zero-order chi connectivity index (χ0) is 25.3. The van der Waals surface area contributed by atoms with Crippen LogP contribution in [0.4, 0.5) is 16.2 Å². The first-order valence-electron chi connectivity index (χ1n) is 12.6. The Bertz CT molecular complexity index is 1220. The van der Waals surface area contributed by atoms with Gasteiger partial charge >= 0.3 is 6.09 Å². The summed E-state index contributed by atoms with van der Waals surface area (Å²) < 4.78 is 11.3. The van der Waals surface area contributed by atoms with Crippen LogP contribution in [0.25, 0.3) is 0 Å². The van der Waals surface area contributed by atoms with E-state index in [-0.39, 0.29) is 23.2 Å². The Kier molecular flexibility index (Phi) is 6.48. The topological polar surface area (TPSA) is 87.8 Å². The number of aliphatic hydroxyl groups excluding tert-OH is 1. The molecule has 0 radical (unpaired) electrons. The van der Waals surface area contributed by atoms with Gasteiger partial charge in [-0.05, 0) is 62.8 Å². The monoisotopic (exact) mass is 487 g/mol. The number of allylic oxidation sites excluding steroid dienone is 1. The van der Waals surface area contributed by atoms with E-state index in [2.05, 4.69) is 46.2 Å². The van der Waals surface area contributed by atoms with Crippen molar-refractivity contribution in [3.05, 3.63) is 89.5 Å². The van der Waals surface area contributed by atoms with Crippen LogP contribution in [0, 0.1) is 6.92 Å². The van der Waals surface area contributed by atoms with Gasteiger partial charge < -0.3 is 19.3 Å². The van der Waals surface area contributed by atoms with Crippen molar-refractivity contribution in [3.8, 4) is 0 Å². The van der Waals surface area contributed by atoms with Crippen LogP contribution < -0.4 is 10.2 Å². The van der Waals surface area contributed by atoms with Crippen molar-refractivity contribution in [1.82, 2.24) is 5.16 Å². The maximum absolute atomic E-state index is 12.6. The molecule has 2 heterocycles. The van der Waals surface area contributed by atoms with Gasteiger partial charge in [0.25, 0.3) is 0 Å². The molecule has 0 spiro atoms. The lowest BCUT2D eigenvalue weighted by Crippen LogP contribution is -2.33. The first-order chi connectivity index (χ1) is 17.4. The largest absolute Gasteiger partial charge is 0.512 e. The Hall–Kier alpha value is -3.74. The van der Waals surface area contributed by atoms with Gasteiger partial charge in [0.2, 0.25) is 0 Å². The third kappa shape index (κ3) is 4.70. The molecule has 1 aliphatic heterocycles. The number of benzene rings is 2. The van der Waals surface area contributed by atoms with E-state index in [4.69, 9.17) is 9.26 Å². The number of aryl methyl sites for hydroxylation is 1. The van der Waals surface area contributed by atoms with Crippen molar-refractivity contribution >= 4 is 17.5 Å². The van der Waals surface area contributed by atoms with E-state index in [1.807, 2.05) is 44.2 Å². The lowest BCUT2D eigenvalue weighted by Gasteiger charge is -2.33. The maximum atomic E-state index is 12.6. The summed E-state index contributed by atoms with van der Waals surface area (Å²) in [6.45, 7) is 9.19. The van der Waals surface area contributed by atoms with Gasteiger partial charge in [0.05, 0.1) is 11.2 Å². The molecule has 1 saturated heterocycles. The summed E-state index contributed by atoms with van der Waals surface area (Å²) in [5.74, 6) is 1.14. The van der Waals surface area contributed by atoms with E-state index in [0.29, 0.717) is 17.1 Å². The molecule has 36 heavy (non-hydrogen) atoms. The second kappa shape index (κ2) is 9.72. The third-order valence-electron chi connectivity index (χ3n) is 7.62. The summed E-state index contributed by atoms with van der Waals surface area (Å²) in [7, 11) is 0. The summed E-state index contributed by atoms with van der Waals surface area (Å²) in [5.41, 5.74) is 4.26. The van der Waals surface area contributed by atoms with E-state index < -0.39 is 6.09 Å². The molecule has 7 heteroatoms. The Labute approximate surface area is 211 Å². The van der Waals surface area contributed by atoms with Crippen molar-refractivity contribution in [3.63, 3.8) is 0 Å². The number of nitrogens with zero attached hydrogens (tertiary/aromatic N) is 2. The molecule has 7 nitrogen and oxygen atoms in total. The van der Waals surface area contributed by atoms with Crippen molar-refractivity contribution in [2.45, 2.75) is 57.0 Å². The van der Waals surface area contributed by atoms with Gasteiger partial charge in [-0.3, -0.25) is 5.32 Å². The zero-order valence-corrected chi connectivity index (χ0v) is 20.9. The highest BCUT2D eigenvalue weighted by Crippen LogP contribution is 2.52. The SMILES string of the molecule is C=C(O)C1(c2ccc(N3CCC(c4onc(C)c4NC(=O)O[C@H](C)c4ccccc4)CC3)cc2)CC1. The number of hydrogen-bond acceptors (Lipinski definition) is 6. The number of carbonyl (C=O) groups excluding carboxylic acids is 1. The lowest BCUT2D eigenvalue weighted by molar-refractivity contribution is 0.121. The number of piperidine rings is 1. The number of carbonyl (C=O) groups is 1. The van der Waals surface area contributed by atoms with Crippen LogP contribution in [-0.2, 0) is 10.2 Å². The van der Waals surface area contributed by atoms with Crippen molar-refractivity contribution in [2.24, 2.45) is 0 Å². The molecule has 2 aliphatic rings. The highest BCUT2D eigenvalue weighted by molar-refractivity contribution is 5.86. The van der Waals surface area contributed by atoms with Crippen LogP contribution in [0.1, 0.15) is 67.2 Å². The van der Waals surface area contributed by atoms with Gasteiger partial charge in [0, 0.05) is 24.7 Å². The van der Waals surface area contributed by atoms with E-state index in [0.717, 1.165) is 49.9 Å². The lowest BCUT2D eigenvalue weighted by atomic mass is 9.92. The summed E-state index contributed by atoms with van der Waals surface area (Å²) in [5, 5.41) is 17.0. The molecule has 5 rings (SSSR count). The van der Waals surface area contributed by atoms with Crippen molar-refractivity contribution in [1.29, 1.82) is 0 Å². The molecule has 1 aliphatic carbocycles. The smallest absolute Gasteiger partial charge is 0.412 e. The molecule has 1 aromatic heterocycles. The molecular formula is C29H33N3O4. The fraction of sp³-hybridized carbons (Fsp3) is 0.379. The van der Waals surface area contributed by atoms with Crippen LogP contribution in [0.5, 0.6) is 0 Å². The van der Waals surface area contributed by atoms with Crippen LogP contribution in [0.2, 0.25) is 0 Å². The van der Waals surface area contributed by atoms with Gasteiger partial charge in [-0.2, -0.15) is 0 Å². The standard InChI is InChI=1S/C29H33N3O4/c1-19-26(30-28(34)35-20(2)22-7-5-4-6-8-22)27(36-31-19)23-13-17-32(18-14-23)25-11-9-24(10-12-25)29(15-16-29)21(3)33/h4-12,20,23,33H,3,13-18H2,1-2H3,(H,30,34)/t20-/m1/s1. The number of aromatic nitrogens is 1. The highest BCUT2D eigenvalue weighted by Gasteiger charge is 2.47. The van der Waals surface area contributed by atoms with Gasteiger partial charge in [0.1, 0.15) is 17.5 Å². The Morgan fingerprint density at radius 1 is 1.17 bits per heavy atom. The maximum Gasteiger partial charge on any atom is 0.412 e. The first-order valence-corrected chi connectivity index (χ1v) is 12.6. The summed E-state index contributed by atoms with van der Waals surface area (Å²) in [4.78, 5) is 15.0. The van der Waals surface area contributed by atoms with Gasteiger partial charge in [-0.25, -0.2) is 4.79 Å². The minimum absolute atomic E-state index is 0.163. The molecule has 3 aromatic rings. The number of ether oxygens (including phenoxy) is 1. The van der Waals surface area contributed by atoms with E-state index in [1.165, 1.54) is 5.69 Å². The highest BCUT2D eigenvalue weighted by atomic mass is 16.6. The summed E-state index contributed by atoms with van der Waals surface area (Å²) in [6.07, 6.45) is 2.80. The van der Waals surface area contributed by atoms with E-state index >= 15 is 0 Å². The molecular weight excluding hydrogens is 454 g/mol. The average molecular weight is 488 g/mol. The molecule has 2 aromatic carbocycles. The van der Waals surface area contributed by atoms with Crippen LogP contribution >= 0.6 is 0 Å². The van der Waals surface area contributed by atoms with Crippen LogP contribution in [0.15, 0.2) is 71.5 Å². The zero-order valence-electron chi connectivity index (χ0n) is 20.9. The summed E-state index contributed by atoms with van der Waals surface area (Å²) in [6, 6.07) is 18.1. The van der Waals surface area contributed by atoms with Crippen molar-refractivity contribution in [2.75, 3.05) is 23.3 Å². The second-order valence-corrected chi connectivity index (χ2v) is 9.93. The molecule has 2 N–H and O–H groups in total. The van der Waals surface area contributed by atoms with Gasteiger partial charge in [-0.15, -0.1) is 0 Å². The molecule has 1 saturated carbocycles. The average Bonchev–Trinajstić information content (AvgIpc) is 3.64. The minimum atomic E-state index is -0.518. The minimum Gasteiger partial charge on any atom is -0.512 e. The Morgan fingerprint density at radius 3 is 2.44 bits per heavy atom.